The van der Waals surface area contributed by atoms with E-state index in [0.717, 1.165) is 43.0 Å². The maximum Gasteiger partial charge on any atom is 0.135 e. The monoisotopic (exact) mass is 291 g/mol. The molecule has 0 atom stereocenters. The molecule has 1 saturated heterocycles. The van der Waals surface area contributed by atoms with Crippen LogP contribution in [0.4, 0.5) is 5.69 Å². The summed E-state index contributed by atoms with van der Waals surface area (Å²) in [4.78, 5) is 2.23. The molecule has 0 aliphatic carbocycles. The van der Waals surface area contributed by atoms with Crippen molar-refractivity contribution in [1.29, 1.82) is 5.26 Å². The zero-order valence-electron chi connectivity index (χ0n) is 13.0. The molecule has 1 aliphatic heterocycles. The van der Waals surface area contributed by atoms with Gasteiger partial charge < -0.3 is 9.47 Å². The van der Waals surface area contributed by atoms with Crippen molar-refractivity contribution in [3.8, 4) is 6.07 Å². The van der Waals surface area contributed by atoms with Gasteiger partial charge >= 0.3 is 0 Å². The van der Waals surface area contributed by atoms with Crippen molar-refractivity contribution < 1.29 is 0 Å². The molecule has 1 aromatic carbocycles. The normalized spacial score (nSPS) is 15.8. The minimum atomic E-state index is 0.417. The van der Waals surface area contributed by atoms with Crippen LogP contribution in [0.1, 0.15) is 35.7 Å². The Morgan fingerprint density at radius 2 is 2.05 bits per heavy atom. The number of nitriles is 1. The average Bonchev–Trinajstić information content (AvgIpc) is 2.95. The molecule has 3 rings (SSSR count). The first-order valence-corrected chi connectivity index (χ1v) is 7.50. The summed E-state index contributed by atoms with van der Waals surface area (Å²) in [5.41, 5.74) is 3.23. The zero-order chi connectivity index (χ0) is 15.7. The fourth-order valence-electron chi connectivity index (χ4n) is 3.21. The first-order valence-electron chi connectivity index (χ1n) is 7.50. The van der Waals surface area contributed by atoms with Crippen LogP contribution in [0.2, 0.25) is 0 Å². The van der Waals surface area contributed by atoms with E-state index in [4.69, 9.17) is 7.85 Å². The minimum absolute atomic E-state index is 0.417. The van der Waals surface area contributed by atoms with Gasteiger partial charge in [-0.3, -0.25) is 0 Å². The summed E-state index contributed by atoms with van der Waals surface area (Å²) in [6.07, 6.45) is 3.73. The number of benzene rings is 1. The van der Waals surface area contributed by atoms with E-state index in [1.54, 1.807) is 6.33 Å². The quantitative estimate of drug-likeness (QED) is 0.779. The highest BCUT2D eigenvalue weighted by molar-refractivity contribution is 6.36. The molecule has 0 unspecified atom stereocenters. The molecule has 1 fully saturated rings. The second-order valence-corrected chi connectivity index (χ2v) is 5.87. The van der Waals surface area contributed by atoms with Crippen LogP contribution < -0.4 is 10.4 Å². The zero-order valence-corrected chi connectivity index (χ0v) is 13.0. The third-order valence-electron chi connectivity index (χ3n) is 4.45. The summed E-state index contributed by atoms with van der Waals surface area (Å²) < 4.78 is 1.99. The van der Waals surface area contributed by atoms with Crippen LogP contribution in [0.5, 0.6) is 0 Å². The third-order valence-corrected chi connectivity index (χ3v) is 4.45. The Hall–Kier alpha value is -2.29. The van der Waals surface area contributed by atoms with Crippen LogP contribution in [0, 0.1) is 18.3 Å². The summed E-state index contributed by atoms with van der Waals surface area (Å²) in [6.45, 7) is 3.70. The van der Waals surface area contributed by atoms with E-state index < -0.39 is 0 Å². The van der Waals surface area contributed by atoms with Gasteiger partial charge in [0.2, 0.25) is 0 Å². The van der Waals surface area contributed by atoms with Gasteiger partial charge in [-0.25, -0.2) is 0 Å². The van der Waals surface area contributed by atoms with Gasteiger partial charge in [0.25, 0.3) is 0 Å². The lowest BCUT2D eigenvalue weighted by molar-refractivity contribution is 0.474. The van der Waals surface area contributed by atoms with Gasteiger partial charge in [0.05, 0.1) is 5.56 Å². The van der Waals surface area contributed by atoms with Crippen LogP contribution in [0.15, 0.2) is 18.5 Å². The van der Waals surface area contributed by atoms with Crippen LogP contribution in [-0.2, 0) is 7.05 Å². The van der Waals surface area contributed by atoms with Crippen molar-refractivity contribution in [3.05, 3.63) is 35.4 Å². The molecule has 2 heterocycles. The summed E-state index contributed by atoms with van der Waals surface area (Å²) in [5, 5.41) is 17.6. The van der Waals surface area contributed by atoms with Crippen molar-refractivity contribution in [2.75, 3.05) is 18.0 Å². The molecule has 0 bridgehead atoms. The number of nitrogens with zero attached hydrogens (tertiary/aromatic N) is 5. The third kappa shape index (κ3) is 2.48. The molecule has 110 valence electrons. The molecule has 2 aromatic rings. The Balaban J connectivity index is 1.82. The van der Waals surface area contributed by atoms with E-state index in [9.17, 15) is 5.26 Å². The summed E-state index contributed by atoms with van der Waals surface area (Å²) >= 11 is 0. The summed E-state index contributed by atoms with van der Waals surface area (Å²) in [6, 6.07) is 6.10. The number of aromatic nitrogens is 3. The predicted molar refractivity (Wildman–Crippen MR) is 86.5 cm³/mol. The van der Waals surface area contributed by atoms with Gasteiger partial charge in [0.15, 0.2) is 0 Å². The molecule has 22 heavy (non-hydrogen) atoms. The SMILES string of the molecule is [B]c1ccc(C)c(C#N)c1N1CCC(c2nncn2C)CC1. The number of hydrogen-bond donors (Lipinski definition) is 0. The number of anilines is 1. The average molecular weight is 291 g/mol. The Morgan fingerprint density at radius 1 is 1.32 bits per heavy atom. The molecule has 1 aliphatic rings. The Morgan fingerprint density at radius 3 is 2.64 bits per heavy atom. The summed E-state index contributed by atoms with van der Waals surface area (Å²) in [5.74, 6) is 1.46. The standard InChI is InChI=1S/C16H18BN5/c1-11-3-4-14(17)15(13(11)9-18)22-7-5-12(6-8-22)16-20-19-10-21(16)2/h3-4,10,12H,5-8H2,1-2H3. The molecule has 6 heteroatoms. The maximum absolute atomic E-state index is 9.44. The highest BCUT2D eigenvalue weighted by Gasteiger charge is 2.26. The predicted octanol–water partition coefficient (Wildman–Crippen LogP) is 1.17. The van der Waals surface area contributed by atoms with Gasteiger partial charge in [-0.2, -0.15) is 5.26 Å². The van der Waals surface area contributed by atoms with E-state index in [1.165, 1.54) is 0 Å². The second-order valence-electron chi connectivity index (χ2n) is 5.87. The van der Waals surface area contributed by atoms with Gasteiger partial charge in [0.1, 0.15) is 26.1 Å². The number of rotatable bonds is 2. The van der Waals surface area contributed by atoms with Gasteiger partial charge in [-0.15, -0.1) is 10.2 Å². The number of hydrogen-bond acceptors (Lipinski definition) is 4. The highest BCUT2D eigenvalue weighted by atomic mass is 15.3. The second kappa shape index (κ2) is 5.84. The number of aryl methyl sites for hydroxylation is 2. The highest BCUT2D eigenvalue weighted by Crippen LogP contribution is 2.30. The van der Waals surface area contributed by atoms with E-state index in [1.807, 2.05) is 30.7 Å². The Kier molecular flexibility index (Phi) is 3.89. The van der Waals surface area contributed by atoms with Gasteiger partial charge in [0, 0.05) is 31.7 Å². The fraction of sp³-hybridized carbons (Fsp3) is 0.438. The van der Waals surface area contributed by atoms with Crippen molar-refractivity contribution >= 4 is 19.0 Å². The fourth-order valence-corrected chi connectivity index (χ4v) is 3.21. The lowest BCUT2D eigenvalue weighted by atomic mass is 9.87. The lowest BCUT2D eigenvalue weighted by Crippen LogP contribution is -2.37. The van der Waals surface area contributed by atoms with Crippen LogP contribution in [0.25, 0.3) is 0 Å². The van der Waals surface area contributed by atoms with Crippen LogP contribution >= 0.6 is 0 Å². The van der Waals surface area contributed by atoms with E-state index >= 15 is 0 Å². The summed E-state index contributed by atoms with van der Waals surface area (Å²) in [7, 11) is 8.11. The van der Waals surface area contributed by atoms with E-state index in [-0.39, 0.29) is 0 Å². The molecule has 0 spiro atoms. The first-order chi connectivity index (χ1) is 10.6. The van der Waals surface area contributed by atoms with Crippen LogP contribution in [0.3, 0.4) is 0 Å². The van der Waals surface area contributed by atoms with E-state index in [0.29, 0.717) is 16.9 Å². The number of piperidine rings is 1. The van der Waals surface area contributed by atoms with Crippen molar-refractivity contribution in [2.45, 2.75) is 25.7 Å². The molecule has 0 N–H and O–H groups in total. The molecular weight excluding hydrogens is 273 g/mol. The Bertz CT molecular complexity index is 723. The molecule has 0 saturated carbocycles. The molecule has 0 amide bonds. The maximum atomic E-state index is 9.44. The first kappa shape index (κ1) is 14.6. The minimum Gasteiger partial charge on any atom is -0.371 e. The molecular formula is C16H18BN5. The van der Waals surface area contributed by atoms with Crippen molar-refractivity contribution in [1.82, 2.24) is 14.8 Å². The van der Waals surface area contributed by atoms with Gasteiger partial charge in [-0.05, 0) is 25.3 Å². The lowest BCUT2D eigenvalue weighted by Gasteiger charge is -2.35. The van der Waals surface area contributed by atoms with E-state index in [2.05, 4.69) is 21.2 Å². The molecule has 2 radical (unpaired) electrons. The molecule has 1 aromatic heterocycles. The molecule has 5 nitrogen and oxygen atoms in total. The van der Waals surface area contributed by atoms with Crippen molar-refractivity contribution in [3.63, 3.8) is 0 Å². The Labute approximate surface area is 132 Å². The van der Waals surface area contributed by atoms with Crippen LogP contribution in [-0.4, -0.2) is 35.7 Å². The smallest absolute Gasteiger partial charge is 0.135 e. The largest absolute Gasteiger partial charge is 0.371 e. The van der Waals surface area contributed by atoms with Crippen molar-refractivity contribution in [2.24, 2.45) is 7.05 Å². The van der Waals surface area contributed by atoms with Gasteiger partial charge in [-0.1, -0.05) is 17.6 Å². The topological polar surface area (TPSA) is 57.7 Å².